The molecule has 0 saturated heterocycles. The van der Waals surface area contributed by atoms with Crippen molar-refractivity contribution in [1.82, 2.24) is 4.57 Å². The Morgan fingerprint density at radius 2 is 2.32 bits per heavy atom. The van der Waals surface area contributed by atoms with E-state index in [0.29, 0.717) is 6.02 Å². The number of ether oxygens (including phenoxy) is 1. The van der Waals surface area contributed by atoms with Gasteiger partial charge in [-0.05, 0) is 18.6 Å². The molecule has 2 aromatic rings. The van der Waals surface area contributed by atoms with Crippen molar-refractivity contribution in [2.24, 2.45) is 17.0 Å². The second kappa shape index (κ2) is 5.17. The highest BCUT2D eigenvalue weighted by Gasteiger charge is 2.18. The summed E-state index contributed by atoms with van der Waals surface area (Å²) in [4.78, 5) is 9.83. The number of thiazole rings is 1. The Kier molecular flexibility index (Phi) is 3.38. The molecule has 1 unspecified atom stereocenters. The van der Waals surface area contributed by atoms with Crippen molar-refractivity contribution in [1.29, 1.82) is 0 Å². The molecular weight excluding hydrogens is 258 g/mol. The van der Waals surface area contributed by atoms with Crippen LogP contribution in [-0.2, 0) is 11.8 Å². The predicted octanol–water partition coefficient (Wildman–Crippen LogP) is 2.70. The first kappa shape index (κ1) is 12.4. The van der Waals surface area contributed by atoms with E-state index in [-0.39, 0.29) is 6.10 Å². The van der Waals surface area contributed by atoms with Gasteiger partial charge in [0.15, 0.2) is 4.80 Å². The quantitative estimate of drug-likeness (QED) is 0.830. The highest BCUT2D eigenvalue weighted by Crippen LogP contribution is 2.16. The highest BCUT2D eigenvalue weighted by molar-refractivity contribution is 7.16. The van der Waals surface area contributed by atoms with Gasteiger partial charge < -0.3 is 9.30 Å². The Morgan fingerprint density at radius 1 is 1.47 bits per heavy atom. The van der Waals surface area contributed by atoms with Gasteiger partial charge in [0.1, 0.15) is 6.10 Å². The summed E-state index contributed by atoms with van der Waals surface area (Å²) in [5, 5.41) is 0. The lowest BCUT2D eigenvalue weighted by molar-refractivity contribution is 0.208. The van der Waals surface area contributed by atoms with Crippen molar-refractivity contribution in [3.05, 3.63) is 29.1 Å². The van der Waals surface area contributed by atoms with E-state index in [1.54, 1.807) is 11.3 Å². The fourth-order valence-electron chi connectivity index (χ4n) is 2.21. The number of rotatable bonds is 2. The number of para-hydroxylation sites is 1. The number of amidine groups is 1. The maximum absolute atomic E-state index is 5.73. The lowest BCUT2D eigenvalue weighted by Gasteiger charge is -2.06. The van der Waals surface area contributed by atoms with Gasteiger partial charge >= 0.3 is 6.02 Å². The van der Waals surface area contributed by atoms with Crippen LogP contribution < -0.4 is 4.80 Å². The zero-order valence-electron chi connectivity index (χ0n) is 11.2. The van der Waals surface area contributed by atoms with E-state index in [9.17, 15) is 0 Å². The summed E-state index contributed by atoms with van der Waals surface area (Å²) in [6.07, 6.45) is 2.37. The molecule has 1 aliphatic heterocycles. The topological polar surface area (TPSA) is 38.9 Å². The summed E-state index contributed by atoms with van der Waals surface area (Å²) in [6, 6.07) is 8.82. The predicted molar refractivity (Wildman–Crippen MR) is 78.4 cm³/mol. The minimum atomic E-state index is 0.212. The first-order valence-corrected chi connectivity index (χ1v) is 7.40. The van der Waals surface area contributed by atoms with E-state index in [1.807, 2.05) is 19.2 Å². The molecule has 1 atom stereocenters. The molecule has 1 aliphatic rings. The van der Waals surface area contributed by atoms with Crippen LogP contribution in [0.2, 0.25) is 0 Å². The van der Waals surface area contributed by atoms with Gasteiger partial charge in [0.25, 0.3) is 0 Å². The summed E-state index contributed by atoms with van der Waals surface area (Å²) < 4.78 is 9.04. The number of aromatic nitrogens is 1. The number of hydrogen-bond acceptors (Lipinski definition) is 4. The number of hydrogen-bond donors (Lipinski definition) is 0. The van der Waals surface area contributed by atoms with Crippen molar-refractivity contribution >= 4 is 27.6 Å². The van der Waals surface area contributed by atoms with E-state index in [1.165, 1.54) is 10.2 Å². The maximum Gasteiger partial charge on any atom is 0.314 e. The monoisotopic (exact) mass is 275 g/mol. The molecule has 2 heterocycles. The van der Waals surface area contributed by atoms with E-state index >= 15 is 0 Å². The summed E-state index contributed by atoms with van der Waals surface area (Å²) in [6.45, 7) is 2.89. The van der Waals surface area contributed by atoms with Crippen LogP contribution >= 0.6 is 11.3 Å². The van der Waals surface area contributed by atoms with Crippen molar-refractivity contribution in [3.63, 3.8) is 0 Å². The van der Waals surface area contributed by atoms with Crippen LogP contribution in [0.4, 0.5) is 0 Å². The fourth-order valence-corrected chi connectivity index (χ4v) is 3.22. The lowest BCUT2D eigenvalue weighted by Crippen LogP contribution is -2.16. The molecule has 0 fully saturated rings. The van der Waals surface area contributed by atoms with E-state index in [0.717, 1.165) is 24.2 Å². The van der Waals surface area contributed by atoms with E-state index < -0.39 is 0 Å². The summed E-state index contributed by atoms with van der Waals surface area (Å²) in [5.41, 5.74) is 1.19. The van der Waals surface area contributed by atoms with E-state index in [4.69, 9.17) is 4.74 Å². The first-order valence-electron chi connectivity index (χ1n) is 6.58. The second-order valence-corrected chi connectivity index (χ2v) is 5.68. The molecule has 1 aromatic heterocycles. The second-order valence-electron chi connectivity index (χ2n) is 4.67. The highest BCUT2D eigenvalue weighted by atomic mass is 32.1. The molecule has 0 spiro atoms. The van der Waals surface area contributed by atoms with Crippen LogP contribution in [0.5, 0.6) is 0 Å². The minimum Gasteiger partial charge on any atom is -0.458 e. The standard InChI is InChI=1S/C14H17N3OS/c1-3-6-10-9-15-13(18-10)16-14-17(2)11-7-4-5-8-12(11)19-14/h4-5,7-8,10H,3,6,9H2,1-2H3/b16-14-. The first-order chi connectivity index (χ1) is 9.28. The number of nitrogens with zero attached hydrogens (tertiary/aromatic N) is 3. The zero-order valence-corrected chi connectivity index (χ0v) is 12.0. The number of benzene rings is 1. The number of aryl methyl sites for hydroxylation is 1. The summed E-state index contributed by atoms with van der Waals surface area (Å²) >= 11 is 1.66. The van der Waals surface area contributed by atoms with Gasteiger partial charge in [-0.2, -0.15) is 4.99 Å². The average molecular weight is 275 g/mol. The maximum atomic E-state index is 5.73. The van der Waals surface area contributed by atoms with Crippen molar-refractivity contribution in [3.8, 4) is 0 Å². The molecular formula is C14H17N3OS. The molecule has 0 aliphatic carbocycles. The van der Waals surface area contributed by atoms with Crippen LogP contribution in [0.1, 0.15) is 19.8 Å². The van der Waals surface area contributed by atoms with Crippen LogP contribution in [0.25, 0.3) is 10.2 Å². The van der Waals surface area contributed by atoms with E-state index in [2.05, 4.69) is 33.6 Å². The number of fused-ring (bicyclic) bond motifs is 1. The molecule has 0 bridgehead atoms. The van der Waals surface area contributed by atoms with Crippen molar-refractivity contribution in [2.75, 3.05) is 6.54 Å². The Bertz CT molecular complexity index is 683. The Morgan fingerprint density at radius 3 is 3.11 bits per heavy atom. The molecule has 1 aromatic carbocycles. The van der Waals surface area contributed by atoms with Gasteiger partial charge in [-0.3, -0.25) is 0 Å². The zero-order chi connectivity index (χ0) is 13.2. The number of aliphatic imine (C=N–C) groups is 1. The van der Waals surface area contributed by atoms with Gasteiger partial charge in [0.2, 0.25) is 0 Å². The van der Waals surface area contributed by atoms with Crippen LogP contribution in [0.15, 0.2) is 34.3 Å². The molecule has 0 saturated carbocycles. The molecule has 0 amide bonds. The Labute approximate surface area is 116 Å². The van der Waals surface area contributed by atoms with Gasteiger partial charge in [-0.15, -0.1) is 0 Å². The van der Waals surface area contributed by atoms with Crippen LogP contribution in [-0.4, -0.2) is 23.2 Å². The molecule has 0 N–H and O–H groups in total. The summed E-state index contributed by atoms with van der Waals surface area (Å²) in [5.74, 6) is 0. The fraction of sp³-hybridized carbons (Fsp3) is 0.429. The van der Waals surface area contributed by atoms with Crippen molar-refractivity contribution < 1.29 is 4.74 Å². The Hall–Kier alpha value is -1.62. The average Bonchev–Trinajstić information content (AvgIpc) is 2.97. The molecule has 100 valence electrons. The largest absolute Gasteiger partial charge is 0.458 e. The van der Waals surface area contributed by atoms with Gasteiger partial charge in [-0.1, -0.05) is 36.8 Å². The third-order valence-electron chi connectivity index (χ3n) is 3.22. The van der Waals surface area contributed by atoms with Gasteiger partial charge in [0.05, 0.1) is 16.8 Å². The molecule has 5 heteroatoms. The summed E-state index contributed by atoms with van der Waals surface area (Å²) in [7, 11) is 2.02. The van der Waals surface area contributed by atoms with Crippen LogP contribution in [0, 0.1) is 0 Å². The third kappa shape index (κ3) is 2.42. The van der Waals surface area contributed by atoms with Gasteiger partial charge in [-0.25, -0.2) is 4.99 Å². The molecule has 4 nitrogen and oxygen atoms in total. The Balaban J connectivity index is 1.92. The van der Waals surface area contributed by atoms with Crippen LogP contribution in [0.3, 0.4) is 0 Å². The molecule has 19 heavy (non-hydrogen) atoms. The normalized spacial score (nSPS) is 19.8. The smallest absolute Gasteiger partial charge is 0.314 e. The molecule has 0 radical (unpaired) electrons. The third-order valence-corrected chi connectivity index (χ3v) is 4.33. The lowest BCUT2D eigenvalue weighted by atomic mass is 10.2. The SMILES string of the molecule is CCCC1CN=C(/N=c2\sc3ccccc3n2C)O1. The molecule has 3 rings (SSSR count). The van der Waals surface area contributed by atoms with Crippen molar-refractivity contribution in [2.45, 2.75) is 25.9 Å². The minimum absolute atomic E-state index is 0.212. The van der Waals surface area contributed by atoms with Gasteiger partial charge in [0, 0.05) is 7.05 Å².